The van der Waals surface area contributed by atoms with Crippen LogP contribution in [0.15, 0.2) is 30.5 Å². The zero-order valence-corrected chi connectivity index (χ0v) is 12.6. The maximum Gasteiger partial charge on any atom is 0.267 e. The summed E-state index contributed by atoms with van der Waals surface area (Å²) in [5.74, 6) is -0.242. The summed E-state index contributed by atoms with van der Waals surface area (Å²) in [6, 6.07) is 7.12. The van der Waals surface area contributed by atoms with Crippen molar-refractivity contribution < 1.29 is 4.79 Å². The number of nitrogens with one attached hydrogen (secondary N) is 1. The standard InChI is InChI=1S/C14H11ClN4OS/c1-7-12(21-14(16)18-7)13(20)19-10-5-4-9(15)11-8(10)3-2-6-17-11/h2-6H,1H3,(H2,16,18)(H,19,20). The molecule has 0 saturated carbocycles. The molecule has 0 radical (unpaired) electrons. The number of carbonyl (C=O) groups excluding carboxylic acids is 1. The average molecular weight is 319 g/mol. The van der Waals surface area contributed by atoms with E-state index in [9.17, 15) is 4.79 Å². The van der Waals surface area contributed by atoms with Gasteiger partial charge in [0.25, 0.3) is 5.91 Å². The largest absolute Gasteiger partial charge is 0.375 e. The number of halogens is 1. The highest BCUT2D eigenvalue weighted by Gasteiger charge is 2.16. The summed E-state index contributed by atoms with van der Waals surface area (Å²) in [6.07, 6.45) is 1.66. The molecule has 2 aromatic heterocycles. The van der Waals surface area contributed by atoms with Gasteiger partial charge in [0.05, 0.1) is 21.9 Å². The molecule has 0 unspecified atom stereocenters. The number of benzene rings is 1. The van der Waals surface area contributed by atoms with Gasteiger partial charge in [-0.25, -0.2) is 4.98 Å². The molecule has 0 aliphatic rings. The molecule has 2 heterocycles. The Balaban J connectivity index is 2.01. The molecule has 0 aliphatic heterocycles. The number of nitrogen functional groups attached to an aromatic ring is 1. The van der Waals surface area contributed by atoms with E-state index in [-0.39, 0.29) is 5.91 Å². The highest BCUT2D eigenvalue weighted by molar-refractivity contribution is 7.17. The zero-order valence-electron chi connectivity index (χ0n) is 11.1. The van der Waals surface area contributed by atoms with Crippen LogP contribution in [0.4, 0.5) is 10.8 Å². The van der Waals surface area contributed by atoms with Crippen molar-refractivity contribution in [2.24, 2.45) is 0 Å². The predicted molar refractivity (Wildman–Crippen MR) is 86.0 cm³/mol. The number of anilines is 2. The van der Waals surface area contributed by atoms with Crippen molar-refractivity contribution in [1.29, 1.82) is 0 Å². The summed E-state index contributed by atoms with van der Waals surface area (Å²) in [5.41, 5.74) is 7.54. The number of hydrogen-bond donors (Lipinski definition) is 2. The van der Waals surface area contributed by atoms with Crippen LogP contribution in [0.2, 0.25) is 5.02 Å². The zero-order chi connectivity index (χ0) is 15.0. The summed E-state index contributed by atoms with van der Waals surface area (Å²) in [7, 11) is 0. The molecule has 1 amide bonds. The van der Waals surface area contributed by atoms with Crippen molar-refractivity contribution in [2.45, 2.75) is 6.92 Å². The second-order valence-corrected chi connectivity index (χ2v) is 5.85. The molecular formula is C14H11ClN4OS. The topological polar surface area (TPSA) is 80.9 Å². The van der Waals surface area contributed by atoms with Crippen molar-refractivity contribution >= 4 is 50.6 Å². The van der Waals surface area contributed by atoms with Crippen LogP contribution in [0.5, 0.6) is 0 Å². The predicted octanol–water partition coefficient (Wildman–Crippen LogP) is 3.49. The van der Waals surface area contributed by atoms with Gasteiger partial charge in [-0.2, -0.15) is 0 Å². The van der Waals surface area contributed by atoms with Gasteiger partial charge in [-0.05, 0) is 31.2 Å². The molecule has 3 aromatic rings. The molecule has 106 valence electrons. The Labute approximate surface area is 129 Å². The van der Waals surface area contributed by atoms with Gasteiger partial charge < -0.3 is 11.1 Å². The van der Waals surface area contributed by atoms with E-state index in [2.05, 4.69) is 15.3 Å². The number of nitrogens with zero attached hydrogens (tertiary/aromatic N) is 2. The Bertz CT molecular complexity index is 846. The highest BCUT2D eigenvalue weighted by Crippen LogP contribution is 2.29. The number of aryl methyl sites for hydroxylation is 1. The summed E-state index contributed by atoms with van der Waals surface area (Å²) < 4.78 is 0. The van der Waals surface area contributed by atoms with Crippen molar-refractivity contribution in [3.05, 3.63) is 46.1 Å². The van der Waals surface area contributed by atoms with E-state index in [4.69, 9.17) is 17.3 Å². The summed E-state index contributed by atoms with van der Waals surface area (Å²) in [4.78, 5) is 21.1. The van der Waals surface area contributed by atoms with E-state index in [0.29, 0.717) is 31.9 Å². The Hall–Kier alpha value is -2.18. The Morgan fingerprint density at radius 2 is 2.19 bits per heavy atom. The molecule has 0 fully saturated rings. The minimum atomic E-state index is -0.242. The molecule has 5 nitrogen and oxygen atoms in total. The molecule has 21 heavy (non-hydrogen) atoms. The van der Waals surface area contributed by atoms with Crippen LogP contribution in [0.25, 0.3) is 10.9 Å². The second kappa shape index (κ2) is 5.31. The number of hydrogen-bond acceptors (Lipinski definition) is 5. The van der Waals surface area contributed by atoms with Crippen LogP contribution >= 0.6 is 22.9 Å². The van der Waals surface area contributed by atoms with Crippen LogP contribution in [-0.4, -0.2) is 15.9 Å². The molecule has 0 spiro atoms. The van der Waals surface area contributed by atoms with Gasteiger partial charge in [0.15, 0.2) is 5.13 Å². The summed E-state index contributed by atoms with van der Waals surface area (Å²) in [5, 5.41) is 4.56. The van der Waals surface area contributed by atoms with Crippen molar-refractivity contribution in [3.63, 3.8) is 0 Å². The molecular weight excluding hydrogens is 308 g/mol. The van der Waals surface area contributed by atoms with Crippen LogP contribution in [-0.2, 0) is 0 Å². The second-order valence-electron chi connectivity index (χ2n) is 4.42. The number of carbonyl (C=O) groups is 1. The van der Waals surface area contributed by atoms with E-state index < -0.39 is 0 Å². The van der Waals surface area contributed by atoms with Crippen molar-refractivity contribution in [3.8, 4) is 0 Å². The van der Waals surface area contributed by atoms with E-state index in [0.717, 1.165) is 16.7 Å². The quantitative estimate of drug-likeness (QED) is 0.758. The Morgan fingerprint density at radius 3 is 2.90 bits per heavy atom. The number of fused-ring (bicyclic) bond motifs is 1. The monoisotopic (exact) mass is 318 g/mol. The third-order valence-corrected chi connectivity index (χ3v) is 4.28. The maximum atomic E-state index is 12.3. The third kappa shape index (κ3) is 2.55. The minimum Gasteiger partial charge on any atom is -0.375 e. The Morgan fingerprint density at radius 1 is 1.38 bits per heavy atom. The molecule has 0 atom stereocenters. The summed E-state index contributed by atoms with van der Waals surface area (Å²) in [6.45, 7) is 1.75. The lowest BCUT2D eigenvalue weighted by atomic mass is 10.2. The normalized spacial score (nSPS) is 10.8. The maximum absolute atomic E-state index is 12.3. The molecule has 0 aliphatic carbocycles. The van der Waals surface area contributed by atoms with E-state index in [1.807, 2.05) is 6.07 Å². The number of aromatic nitrogens is 2. The van der Waals surface area contributed by atoms with Gasteiger partial charge >= 0.3 is 0 Å². The first kappa shape index (κ1) is 13.8. The van der Waals surface area contributed by atoms with Crippen LogP contribution in [0, 0.1) is 6.92 Å². The fourth-order valence-electron chi connectivity index (χ4n) is 2.05. The van der Waals surface area contributed by atoms with Crippen molar-refractivity contribution in [1.82, 2.24) is 9.97 Å². The fraction of sp³-hybridized carbons (Fsp3) is 0.0714. The minimum absolute atomic E-state index is 0.242. The van der Waals surface area contributed by atoms with E-state index >= 15 is 0 Å². The van der Waals surface area contributed by atoms with E-state index in [1.54, 1.807) is 31.3 Å². The van der Waals surface area contributed by atoms with Gasteiger partial charge in [-0.15, -0.1) is 0 Å². The number of thiazole rings is 1. The number of rotatable bonds is 2. The smallest absolute Gasteiger partial charge is 0.267 e. The number of amides is 1. The lowest BCUT2D eigenvalue weighted by molar-refractivity contribution is 0.103. The average Bonchev–Trinajstić information content (AvgIpc) is 2.81. The van der Waals surface area contributed by atoms with Crippen LogP contribution < -0.4 is 11.1 Å². The molecule has 0 saturated heterocycles. The SMILES string of the molecule is Cc1nc(N)sc1C(=O)Nc1ccc(Cl)c2ncccc12. The van der Waals surface area contributed by atoms with Crippen LogP contribution in [0.3, 0.4) is 0 Å². The van der Waals surface area contributed by atoms with Gasteiger partial charge in [0, 0.05) is 11.6 Å². The third-order valence-electron chi connectivity index (χ3n) is 2.99. The lowest BCUT2D eigenvalue weighted by Gasteiger charge is -2.08. The first-order valence-corrected chi connectivity index (χ1v) is 7.33. The first-order chi connectivity index (χ1) is 10.1. The Kier molecular flexibility index (Phi) is 3.48. The van der Waals surface area contributed by atoms with Gasteiger partial charge in [-0.1, -0.05) is 22.9 Å². The van der Waals surface area contributed by atoms with Crippen molar-refractivity contribution in [2.75, 3.05) is 11.1 Å². The molecule has 7 heteroatoms. The number of nitrogens with two attached hydrogens (primary N) is 1. The lowest BCUT2D eigenvalue weighted by Crippen LogP contribution is -2.12. The van der Waals surface area contributed by atoms with Crippen LogP contribution in [0.1, 0.15) is 15.4 Å². The number of pyridine rings is 1. The van der Waals surface area contributed by atoms with Gasteiger partial charge in [-0.3, -0.25) is 9.78 Å². The molecule has 3 rings (SSSR count). The first-order valence-electron chi connectivity index (χ1n) is 6.14. The highest BCUT2D eigenvalue weighted by atomic mass is 35.5. The van der Waals surface area contributed by atoms with E-state index in [1.165, 1.54) is 0 Å². The van der Waals surface area contributed by atoms with Gasteiger partial charge in [0.2, 0.25) is 0 Å². The fourth-order valence-corrected chi connectivity index (χ4v) is 3.00. The molecule has 1 aromatic carbocycles. The van der Waals surface area contributed by atoms with Gasteiger partial charge in [0.1, 0.15) is 4.88 Å². The molecule has 3 N–H and O–H groups in total. The summed E-state index contributed by atoms with van der Waals surface area (Å²) >= 11 is 7.27. The molecule has 0 bridgehead atoms.